The highest BCUT2D eigenvalue weighted by atomic mass is 14.4. The largest absolute Gasteiger partial charge is 0.0651 e. The van der Waals surface area contributed by atoms with Crippen LogP contribution in [0.25, 0.3) is 0 Å². The van der Waals surface area contributed by atoms with Gasteiger partial charge in [0.15, 0.2) is 0 Å². The summed E-state index contributed by atoms with van der Waals surface area (Å²) in [6, 6.07) is 0. The zero-order valence-electron chi connectivity index (χ0n) is 10.6. The molecule has 0 saturated heterocycles. The van der Waals surface area contributed by atoms with E-state index in [2.05, 4.69) is 48.5 Å². The molecule has 0 saturated carbocycles. The fourth-order valence-corrected chi connectivity index (χ4v) is 2.26. The molecule has 0 unspecified atom stereocenters. The highest BCUT2D eigenvalue weighted by molar-refractivity contribution is 4.84. The lowest BCUT2D eigenvalue weighted by Gasteiger charge is -2.42. The third kappa shape index (κ3) is 2.72. The quantitative estimate of drug-likeness (QED) is 0.579. The highest BCUT2D eigenvalue weighted by Gasteiger charge is 2.34. The van der Waals surface area contributed by atoms with E-state index >= 15 is 0 Å². The zero-order chi connectivity index (χ0) is 10.6. The Morgan fingerprint density at radius 1 is 1.00 bits per heavy atom. The van der Waals surface area contributed by atoms with Crippen LogP contribution in [-0.4, -0.2) is 0 Å². The molecule has 0 N–H and O–H groups in total. The van der Waals surface area contributed by atoms with Crippen molar-refractivity contribution in [3.05, 3.63) is 0 Å². The molecule has 13 heavy (non-hydrogen) atoms. The maximum absolute atomic E-state index is 2.45. The Kier molecular flexibility index (Phi) is 5.02. The molecular weight excluding hydrogens is 156 g/mol. The van der Waals surface area contributed by atoms with Crippen LogP contribution in [0.2, 0.25) is 0 Å². The summed E-state index contributed by atoms with van der Waals surface area (Å²) in [6.07, 6.45) is 2.61. The van der Waals surface area contributed by atoms with Gasteiger partial charge in [-0.25, -0.2) is 0 Å². The van der Waals surface area contributed by atoms with Crippen molar-refractivity contribution >= 4 is 0 Å². The predicted molar refractivity (Wildman–Crippen MR) is 61.9 cm³/mol. The minimum Gasteiger partial charge on any atom is -0.0651 e. The van der Waals surface area contributed by atoms with Crippen molar-refractivity contribution < 1.29 is 0 Å². The Balaban J connectivity index is 4.55. The second-order valence-electron chi connectivity index (χ2n) is 5.19. The predicted octanol–water partition coefficient (Wildman–Crippen LogP) is 4.74. The second-order valence-corrected chi connectivity index (χ2v) is 5.19. The molecule has 0 aromatic carbocycles. The van der Waals surface area contributed by atoms with Crippen LogP contribution >= 0.6 is 0 Å². The van der Waals surface area contributed by atoms with E-state index in [-0.39, 0.29) is 0 Å². The molecule has 0 nitrogen and oxygen atoms in total. The van der Waals surface area contributed by atoms with E-state index < -0.39 is 0 Å². The molecule has 0 aromatic rings. The van der Waals surface area contributed by atoms with Gasteiger partial charge in [0.2, 0.25) is 0 Å². The minimum atomic E-state index is 0.523. The maximum atomic E-state index is 2.45. The van der Waals surface area contributed by atoms with Gasteiger partial charge in [0.25, 0.3) is 0 Å². The molecule has 0 heteroatoms. The van der Waals surface area contributed by atoms with Gasteiger partial charge in [-0.1, -0.05) is 61.3 Å². The molecule has 0 fully saturated rings. The van der Waals surface area contributed by atoms with Gasteiger partial charge in [-0.3, -0.25) is 0 Å². The molecule has 0 aliphatic heterocycles. The van der Waals surface area contributed by atoms with E-state index in [1.165, 1.54) is 12.8 Å². The first-order valence-corrected chi connectivity index (χ1v) is 5.90. The molecule has 0 spiro atoms. The van der Waals surface area contributed by atoms with Crippen LogP contribution in [0, 0.1) is 23.2 Å². The second kappa shape index (κ2) is 5.02. The lowest BCUT2D eigenvalue weighted by Crippen LogP contribution is -2.34. The molecule has 3 atom stereocenters. The maximum Gasteiger partial charge on any atom is -0.0277 e. The van der Waals surface area contributed by atoms with Crippen LogP contribution in [0.5, 0.6) is 0 Å². The molecule has 0 bridgehead atoms. The third-order valence-corrected chi connectivity index (χ3v) is 4.62. The molecule has 0 aromatic heterocycles. The molecule has 0 heterocycles. The first-order chi connectivity index (χ1) is 5.90. The van der Waals surface area contributed by atoms with Crippen LogP contribution in [0.3, 0.4) is 0 Å². The Morgan fingerprint density at radius 3 is 1.69 bits per heavy atom. The van der Waals surface area contributed by atoms with Crippen molar-refractivity contribution in [1.29, 1.82) is 0 Å². The van der Waals surface area contributed by atoms with Crippen LogP contribution in [-0.2, 0) is 0 Å². The number of rotatable bonds is 5. The molecule has 0 amide bonds. The van der Waals surface area contributed by atoms with Crippen molar-refractivity contribution in [2.75, 3.05) is 0 Å². The van der Waals surface area contributed by atoms with Gasteiger partial charge >= 0.3 is 0 Å². The van der Waals surface area contributed by atoms with E-state index in [1.54, 1.807) is 0 Å². The normalized spacial score (nSPS) is 21.2. The highest BCUT2D eigenvalue weighted by Crippen LogP contribution is 2.42. The Morgan fingerprint density at radius 2 is 1.46 bits per heavy atom. The minimum absolute atomic E-state index is 0.523. The molecule has 0 radical (unpaired) electrons. The van der Waals surface area contributed by atoms with Crippen molar-refractivity contribution in [3.8, 4) is 0 Å². The van der Waals surface area contributed by atoms with E-state index in [4.69, 9.17) is 0 Å². The molecule has 0 aliphatic rings. The standard InChI is InChI=1S/C13H28/c1-8-11(5)12(6)13(7,9-2)10(3)4/h10-12H,8-9H2,1-7H3/t11-,12-,13-/m0/s1. The Labute approximate surface area is 85.1 Å². The number of hydrogen-bond donors (Lipinski definition) is 0. The summed E-state index contributed by atoms with van der Waals surface area (Å²) in [5.74, 6) is 2.48. The molecule has 0 aliphatic carbocycles. The van der Waals surface area contributed by atoms with Crippen molar-refractivity contribution in [2.24, 2.45) is 23.2 Å². The molecule has 0 rings (SSSR count). The van der Waals surface area contributed by atoms with Crippen molar-refractivity contribution in [1.82, 2.24) is 0 Å². The van der Waals surface area contributed by atoms with Gasteiger partial charge in [0, 0.05) is 0 Å². The summed E-state index contributed by atoms with van der Waals surface area (Å²) in [7, 11) is 0. The van der Waals surface area contributed by atoms with Gasteiger partial charge in [-0.15, -0.1) is 0 Å². The first kappa shape index (κ1) is 13.0. The Bertz CT molecular complexity index is 137. The van der Waals surface area contributed by atoms with Gasteiger partial charge < -0.3 is 0 Å². The fourth-order valence-electron chi connectivity index (χ4n) is 2.26. The molecular formula is C13H28. The van der Waals surface area contributed by atoms with E-state index in [0.29, 0.717) is 5.41 Å². The fraction of sp³-hybridized carbons (Fsp3) is 1.00. The zero-order valence-corrected chi connectivity index (χ0v) is 10.6. The third-order valence-electron chi connectivity index (χ3n) is 4.62. The Hall–Kier alpha value is 0. The van der Waals surface area contributed by atoms with E-state index in [0.717, 1.165) is 17.8 Å². The van der Waals surface area contributed by atoms with Crippen LogP contribution < -0.4 is 0 Å². The van der Waals surface area contributed by atoms with Crippen LogP contribution in [0.4, 0.5) is 0 Å². The average Bonchev–Trinajstić information content (AvgIpc) is 2.13. The topological polar surface area (TPSA) is 0 Å². The van der Waals surface area contributed by atoms with Crippen molar-refractivity contribution in [2.45, 2.75) is 61.3 Å². The van der Waals surface area contributed by atoms with Gasteiger partial charge in [-0.05, 0) is 23.2 Å². The summed E-state index contributed by atoms with van der Waals surface area (Å²) in [5.41, 5.74) is 0.523. The van der Waals surface area contributed by atoms with E-state index in [1.807, 2.05) is 0 Å². The van der Waals surface area contributed by atoms with Crippen LogP contribution in [0.1, 0.15) is 61.3 Å². The summed E-state index contributed by atoms with van der Waals surface area (Å²) >= 11 is 0. The molecule has 80 valence electrons. The van der Waals surface area contributed by atoms with Crippen molar-refractivity contribution in [3.63, 3.8) is 0 Å². The van der Waals surface area contributed by atoms with Gasteiger partial charge in [-0.2, -0.15) is 0 Å². The average molecular weight is 184 g/mol. The van der Waals surface area contributed by atoms with Crippen LogP contribution in [0.15, 0.2) is 0 Å². The number of hydrogen-bond acceptors (Lipinski definition) is 0. The summed E-state index contributed by atoms with van der Waals surface area (Å²) in [4.78, 5) is 0. The van der Waals surface area contributed by atoms with E-state index in [9.17, 15) is 0 Å². The lowest BCUT2D eigenvalue weighted by molar-refractivity contribution is 0.0772. The summed E-state index contributed by atoms with van der Waals surface area (Å²) in [6.45, 7) is 16.6. The van der Waals surface area contributed by atoms with Gasteiger partial charge in [0.05, 0.1) is 0 Å². The summed E-state index contributed by atoms with van der Waals surface area (Å²) in [5, 5.41) is 0. The van der Waals surface area contributed by atoms with Gasteiger partial charge in [0.1, 0.15) is 0 Å². The SMILES string of the molecule is CC[C@H](C)[C@H](C)[C@@](C)(CC)C(C)C. The lowest BCUT2D eigenvalue weighted by atomic mass is 9.64. The summed E-state index contributed by atoms with van der Waals surface area (Å²) < 4.78 is 0. The first-order valence-electron chi connectivity index (χ1n) is 5.90. The smallest absolute Gasteiger partial charge is 0.0277 e. The monoisotopic (exact) mass is 184 g/mol.